The fourth-order valence-electron chi connectivity index (χ4n) is 2.58. The Bertz CT molecular complexity index is 819. The van der Waals surface area contributed by atoms with Crippen LogP contribution in [0.5, 0.6) is 0 Å². The fourth-order valence-corrected chi connectivity index (χ4v) is 4.93. The summed E-state index contributed by atoms with van der Waals surface area (Å²) in [6, 6.07) is 16.5. The molecule has 6 heteroatoms. The van der Waals surface area contributed by atoms with Crippen molar-refractivity contribution in [1.29, 1.82) is 0 Å². The van der Waals surface area contributed by atoms with Gasteiger partial charge in [-0.3, -0.25) is 9.52 Å². The van der Waals surface area contributed by atoms with E-state index in [-0.39, 0.29) is 0 Å². The molecule has 0 aliphatic carbocycles. The lowest BCUT2D eigenvalue weighted by atomic mass is 10.0. The maximum atomic E-state index is 12.5. The second-order valence-corrected chi connectivity index (χ2v) is 8.53. The van der Waals surface area contributed by atoms with Crippen LogP contribution in [0.3, 0.4) is 0 Å². The first-order valence-corrected chi connectivity index (χ1v) is 9.84. The molecule has 0 saturated heterocycles. The first kappa shape index (κ1) is 16.1. The lowest BCUT2D eigenvalue weighted by molar-refractivity contribution is -0.120. The Labute approximate surface area is 140 Å². The maximum Gasteiger partial charge on any atom is 0.241 e. The molecule has 4 nitrogen and oxygen atoms in total. The van der Waals surface area contributed by atoms with E-state index < -0.39 is 27.1 Å². The predicted molar refractivity (Wildman–Crippen MR) is 91.8 cm³/mol. The molecule has 0 radical (unpaired) electrons. The standard InChI is InChI=1S/C17H17NO3S2/c1-12(13-7-3-2-4-8-13)23(20,21)18-17(19)15-11-22-16-10-6-5-9-14(15)16/h2-10,12,15H,11H2,1H3,(H,18,19)/t12-,15-/m1/s1. The Kier molecular flexibility index (Phi) is 4.46. The van der Waals surface area contributed by atoms with Gasteiger partial charge in [0.15, 0.2) is 0 Å². The van der Waals surface area contributed by atoms with E-state index in [4.69, 9.17) is 0 Å². The third-order valence-electron chi connectivity index (χ3n) is 3.99. The molecule has 0 spiro atoms. The molecule has 2 aromatic rings. The topological polar surface area (TPSA) is 63.2 Å². The molecule has 0 aromatic heterocycles. The van der Waals surface area contributed by atoms with Gasteiger partial charge in [-0.2, -0.15) is 0 Å². The van der Waals surface area contributed by atoms with Crippen LogP contribution in [0, 0.1) is 0 Å². The summed E-state index contributed by atoms with van der Waals surface area (Å²) in [5.74, 6) is -0.306. The molecule has 0 fully saturated rings. The summed E-state index contributed by atoms with van der Waals surface area (Å²) in [7, 11) is -3.76. The zero-order valence-corrected chi connectivity index (χ0v) is 14.2. The van der Waals surface area contributed by atoms with Crippen molar-refractivity contribution in [3.05, 3.63) is 65.7 Å². The largest absolute Gasteiger partial charge is 0.273 e. The number of nitrogens with one attached hydrogen (secondary N) is 1. The Morgan fingerprint density at radius 1 is 1.13 bits per heavy atom. The van der Waals surface area contributed by atoms with Gasteiger partial charge in [0.05, 0.1) is 5.92 Å². The van der Waals surface area contributed by atoms with Gasteiger partial charge < -0.3 is 0 Å². The highest BCUT2D eigenvalue weighted by Gasteiger charge is 2.33. The molecule has 1 amide bonds. The molecule has 2 atom stereocenters. The molecule has 2 aromatic carbocycles. The van der Waals surface area contributed by atoms with Crippen molar-refractivity contribution in [2.24, 2.45) is 0 Å². The van der Waals surface area contributed by atoms with Gasteiger partial charge in [0.1, 0.15) is 5.25 Å². The number of thioether (sulfide) groups is 1. The van der Waals surface area contributed by atoms with Crippen molar-refractivity contribution >= 4 is 27.7 Å². The molecule has 1 aliphatic rings. The lowest BCUT2D eigenvalue weighted by Crippen LogP contribution is -2.37. The predicted octanol–water partition coefficient (Wildman–Crippen LogP) is 3.08. The van der Waals surface area contributed by atoms with E-state index in [2.05, 4.69) is 4.72 Å². The third kappa shape index (κ3) is 3.28. The molecule has 1 heterocycles. The van der Waals surface area contributed by atoms with Crippen LogP contribution in [0.25, 0.3) is 0 Å². The summed E-state index contributed by atoms with van der Waals surface area (Å²) < 4.78 is 27.2. The number of amides is 1. The first-order chi connectivity index (χ1) is 11.0. The van der Waals surface area contributed by atoms with Gasteiger partial charge in [-0.25, -0.2) is 8.42 Å². The minimum atomic E-state index is -3.76. The van der Waals surface area contributed by atoms with Gasteiger partial charge in [0.2, 0.25) is 15.9 Å². The molecule has 3 rings (SSSR count). The van der Waals surface area contributed by atoms with E-state index in [9.17, 15) is 13.2 Å². The summed E-state index contributed by atoms with van der Waals surface area (Å²) in [4.78, 5) is 13.5. The highest BCUT2D eigenvalue weighted by Crippen LogP contribution is 2.39. The van der Waals surface area contributed by atoms with Crippen molar-refractivity contribution in [3.8, 4) is 0 Å². The average molecular weight is 347 g/mol. The summed E-state index contributed by atoms with van der Waals surface area (Å²) in [5.41, 5.74) is 1.56. The van der Waals surface area contributed by atoms with Crippen molar-refractivity contribution in [1.82, 2.24) is 4.72 Å². The number of hydrogen-bond donors (Lipinski definition) is 1. The number of sulfonamides is 1. The average Bonchev–Trinajstić information content (AvgIpc) is 2.98. The summed E-state index contributed by atoms with van der Waals surface area (Å²) >= 11 is 1.58. The number of rotatable bonds is 4. The molecule has 0 unspecified atom stereocenters. The number of carbonyl (C=O) groups is 1. The minimum Gasteiger partial charge on any atom is -0.273 e. The number of carbonyl (C=O) groups excluding carboxylic acids is 1. The molecule has 0 saturated carbocycles. The van der Waals surface area contributed by atoms with Gasteiger partial charge in [-0.15, -0.1) is 11.8 Å². The van der Waals surface area contributed by atoms with Gasteiger partial charge in [0, 0.05) is 10.6 Å². The summed E-state index contributed by atoms with van der Waals surface area (Å²) in [6.07, 6.45) is 0. The van der Waals surface area contributed by atoms with Crippen LogP contribution in [0.2, 0.25) is 0 Å². The van der Waals surface area contributed by atoms with Crippen LogP contribution in [0.4, 0.5) is 0 Å². The molecule has 1 aliphatic heterocycles. The summed E-state index contributed by atoms with van der Waals surface area (Å²) in [6.45, 7) is 1.59. The van der Waals surface area contributed by atoms with E-state index in [1.807, 2.05) is 30.3 Å². The Morgan fingerprint density at radius 3 is 2.52 bits per heavy atom. The van der Waals surface area contributed by atoms with E-state index in [0.29, 0.717) is 11.3 Å². The number of fused-ring (bicyclic) bond motifs is 1. The smallest absolute Gasteiger partial charge is 0.241 e. The number of benzene rings is 2. The van der Waals surface area contributed by atoms with Crippen LogP contribution < -0.4 is 4.72 Å². The third-order valence-corrected chi connectivity index (χ3v) is 6.87. The zero-order chi connectivity index (χ0) is 16.4. The van der Waals surface area contributed by atoms with E-state index >= 15 is 0 Å². The monoisotopic (exact) mass is 347 g/mol. The molecule has 23 heavy (non-hydrogen) atoms. The maximum absolute atomic E-state index is 12.5. The van der Waals surface area contributed by atoms with E-state index in [1.54, 1.807) is 43.0 Å². The molecule has 120 valence electrons. The highest BCUT2D eigenvalue weighted by molar-refractivity contribution is 7.99. The molecule has 1 N–H and O–H groups in total. The van der Waals surface area contributed by atoms with Crippen molar-refractivity contribution in [2.45, 2.75) is 23.0 Å². The normalized spacial score (nSPS) is 18.2. The number of hydrogen-bond acceptors (Lipinski definition) is 4. The Morgan fingerprint density at radius 2 is 1.78 bits per heavy atom. The Hall–Kier alpha value is -1.79. The second-order valence-electron chi connectivity index (χ2n) is 5.47. The van der Waals surface area contributed by atoms with E-state index in [0.717, 1.165) is 10.5 Å². The van der Waals surface area contributed by atoms with Crippen LogP contribution in [-0.2, 0) is 14.8 Å². The van der Waals surface area contributed by atoms with Gasteiger partial charge >= 0.3 is 0 Å². The van der Waals surface area contributed by atoms with Crippen LogP contribution in [0.15, 0.2) is 59.5 Å². The SMILES string of the molecule is C[C@H](c1ccccc1)S(=O)(=O)NC(=O)[C@@H]1CSc2ccccc21. The zero-order valence-electron chi connectivity index (χ0n) is 12.6. The quantitative estimate of drug-likeness (QED) is 0.923. The van der Waals surface area contributed by atoms with Crippen LogP contribution in [-0.4, -0.2) is 20.1 Å². The van der Waals surface area contributed by atoms with Gasteiger partial charge in [-0.1, -0.05) is 48.5 Å². The van der Waals surface area contributed by atoms with E-state index in [1.165, 1.54) is 0 Å². The molecular weight excluding hydrogens is 330 g/mol. The van der Waals surface area contributed by atoms with Gasteiger partial charge in [0.25, 0.3) is 0 Å². The van der Waals surface area contributed by atoms with Crippen molar-refractivity contribution in [3.63, 3.8) is 0 Å². The summed E-state index contributed by atoms with van der Waals surface area (Å²) in [5, 5.41) is -0.781. The molecular formula is C17H17NO3S2. The van der Waals surface area contributed by atoms with Crippen molar-refractivity contribution < 1.29 is 13.2 Å². The van der Waals surface area contributed by atoms with Crippen LogP contribution in [0.1, 0.15) is 29.2 Å². The van der Waals surface area contributed by atoms with Crippen LogP contribution >= 0.6 is 11.8 Å². The first-order valence-electron chi connectivity index (χ1n) is 7.31. The Balaban J connectivity index is 1.78. The lowest BCUT2D eigenvalue weighted by Gasteiger charge is -2.16. The van der Waals surface area contributed by atoms with Gasteiger partial charge in [-0.05, 0) is 24.1 Å². The minimum absolute atomic E-state index is 0.422. The molecule has 0 bridgehead atoms. The highest BCUT2D eigenvalue weighted by atomic mass is 32.2. The second kappa shape index (κ2) is 6.37. The van der Waals surface area contributed by atoms with Crippen molar-refractivity contribution in [2.75, 3.05) is 5.75 Å². The fraction of sp³-hybridized carbons (Fsp3) is 0.235.